The first-order valence-corrected chi connectivity index (χ1v) is 9.64. The first-order valence-electron chi connectivity index (χ1n) is 9.64. The number of halogens is 1. The SMILES string of the molecule is Cc1cc(OCc2ccc(F)cc2)cc(C)c1CC(NC(=O)OC(C)(C)C)C(=O)O. The highest BCUT2D eigenvalue weighted by molar-refractivity contribution is 5.80. The highest BCUT2D eigenvalue weighted by Crippen LogP contribution is 2.24. The van der Waals surface area contributed by atoms with Crippen LogP contribution in [-0.2, 0) is 22.6 Å². The van der Waals surface area contributed by atoms with Crippen LogP contribution in [0.2, 0.25) is 0 Å². The van der Waals surface area contributed by atoms with E-state index in [1.807, 2.05) is 26.0 Å². The van der Waals surface area contributed by atoms with Crippen molar-refractivity contribution in [1.82, 2.24) is 5.32 Å². The number of nitrogens with one attached hydrogen (secondary N) is 1. The van der Waals surface area contributed by atoms with Crippen molar-refractivity contribution in [2.24, 2.45) is 0 Å². The maximum absolute atomic E-state index is 13.0. The fraction of sp³-hybridized carbons (Fsp3) is 0.391. The largest absolute Gasteiger partial charge is 0.489 e. The van der Waals surface area contributed by atoms with Crippen LogP contribution in [0.25, 0.3) is 0 Å². The summed E-state index contributed by atoms with van der Waals surface area (Å²) in [6, 6.07) is 8.58. The van der Waals surface area contributed by atoms with E-state index in [1.54, 1.807) is 32.9 Å². The van der Waals surface area contributed by atoms with Crippen molar-refractivity contribution in [3.05, 3.63) is 64.5 Å². The fourth-order valence-corrected chi connectivity index (χ4v) is 2.96. The highest BCUT2D eigenvalue weighted by atomic mass is 19.1. The molecule has 0 bridgehead atoms. The molecule has 1 atom stereocenters. The monoisotopic (exact) mass is 417 g/mol. The van der Waals surface area contributed by atoms with Crippen molar-refractivity contribution in [1.29, 1.82) is 0 Å². The van der Waals surface area contributed by atoms with Crippen molar-refractivity contribution in [3.63, 3.8) is 0 Å². The fourth-order valence-electron chi connectivity index (χ4n) is 2.96. The third-order valence-electron chi connectivity index (χ3n) is 4.39. The lowest BCUT2D eigenvalue weighted by molar-refractivity contribution is -0.139. The minimum atomic E-state index is -1.14. The summed E-state index contributed by atoms with van der Waals surface area (Å²) in [7, 11) is 0. The van der Waals surface area contributed by atoms with Crippen molar-refractivity contribution >= 4 is 12.1 Å². The molecule has 0 saturated heterocycles. The van der Waals surface area contributed by atoms with Gasteiger partial charge in [-0.05, 0) is 81.1 Å². The summed E-state index contributed by atoms with van der Waals surface area (Å²) in [4.78, 5) is 23.6. The number of alkyl carbamates (subject to hydrolysis) is 1. The first kappa shape index (κ1) is 23.2. The van der Waals surface area contributed by atoms with Gasteiger partial charge in [0.05, 0.1) is 0 Å². The van der Waals surface area contributed by atoms with Crippen molar-refractivity contribution in [2.45, 2.75) is 59.3 Å². The van der Waals surface area contributed by atoms with E-state index in [-0.39, 0.29) is 18.8 Å². The van der Waals surface area contributed by atoms with E-state index in [9.17, 15) is 19.1 Å². The predicted molar refractivity (Wildman–Crippen MR) is 111 cm³/mol. The number of aryl methyl sites for hydroxylation is 2. The Morgan fingerprint density at radius 2 is 1.67 bits per heavy atom. The number of carbonyl (C=O) groups excluding carboxylic acids is 1. The molecule has 0 aliphatic rings. The standard InChI is InChI=1S/C23H28FNO5/c1-14-10-18(29-13-16-6-8-17(24)9-7-16)11-15(2)19(14)12-20(21(26)27)25-22(28)30-23(3,4)5/h6-11,20H,12-13H2,1-5H3,(H,25,28)(H,26,27). The van der Waals surface area contributed by atoms with E-state index in [2.05, 4.69) is 5.32 Å². The maximum atomic E-state index is 13.0. The summed E-state index contributed by atoms with van der Waals surface area (Å²) < 4.78 is 24.0. The normalized spacial score (nSPS) is 12.2. The van der Waals surface area contributed by atoms with Gasteiger partial charge in [-0.25, -0.2) is 14.0 Å². The Morgan fingerprint density at radius 3 is 2.17 bits per heavy atom. The summed E-state index contributed by atoms with van der Waals surface area (Å²) in [5.74, 6) is -0.816. The molecule has 162 valence electrons. The van der Waals surface area contributed by atoms with Crippen LogP contribution in [0.5, 0.6) is 5.75 Å². The van der Waals surface area contributed by atoms with Crippen LogP contribution in [0.4, 0.5) is 9.18 Å². The summed E-state index contributed by atoms with van der Waals surface area (Å²) >= 11 is 0. The minimum absolute atomic E-state index is 0.116. The van der Waals surface area contributed by atoms with Gasteiger partial charge >= 0.3 is 12.1 Å². The van der Waals surface area contributed by atoms with Gasteiger partial charge in [-0.3, -0.25) is 0 Å². The van der Waals surface area contributed by atoms with Gasteiger partial charge in [-0.1, -0.05) is 12.1 Å². The molecule has 0 saturated carbocycles. The van der Waals surface area contributed by atoms with E-state index >= 15 is 0 Å². The molecule has 1 unspecified atom stereocenters. The second kappa shape index (κ2) is 9.61. The van der Waals surface area contributed by atoms with E-state index in [1.165, 1.54) is 12.1 Å². The molecule has 0 fully saturated rings. The van der Waals surface area contributed by atoms with E-state index in [0.29, 0.717) is 5.75 Å². The zero-order valence-corrected chi connectivity index (χ0v) is 17.9. The van der Waals surface area contributed by atoms with Crippen molar-refractivity contribution in [2.75, 3.05) is 0 Å². The lowest BCUT2D eigenvalue weighted by Crippen LogP contribution is -2.44. The van der Waals surface area contributed by atoms with Crippen molar-refractivity contribution in [3.8, 4) is 5.75 Å². The molecule has 6 nitrogen and oxygen atoms in total. The predicted octanol–water partition coefficient (Wildman–Crippen LogP) is 4.54. The number of ether oxygens (including phenoxy) is 2. The average molecular weight is 417 g/mol. The molecule has 2 N–H and O–H groups in total. The van der Waals surface area contributed by atoms with Gasteiger partial charge in [-0.2, -0.15) is 0 Å². The van der Waals surface area contributed by atoms with Gasteiger partial charge in [0.25, 0.3) is 0 Å². The number of rotatable bonds is 7. The smallest absolute Gasteiger partial charge is 0.408 e. The minimum Gasteiger partial charge on any atom is -0.489 e. The molecule has 0 aliphatic heterocycles. The highest BCUT2D eigenvalue weighted by Gasteiger charge is 2.25. The summed E-state index contributed by atoms with van der Waals surface area (Å²) in [5, 5.41) is 11.9. The van der Waals surface area contributed by atoms with Gasteiger partial charge < -0.3 is 19.9 Å². The lowest BCUT2D eigenvalue weighted by Gasteiger charge is -2.23. The van der Waals surface area contributed by atoms with Crippen LogP contribution in [0.3, 0.4) is 0 Å². The number of carboxylic acids is 1. The van der Waals surface area contributed by atoms with E-state index in [0.717, 1.165) is 22.3 Å². The summed E-state index contributed by atoms with van der Waals surface area (Å²) in [6.45, 7) is 9.14. The summed E-state index contributed by atoms with van der Waals surface area (Å²) in [5.41, 5.74) is 2.63. The van der Waals surface area contributed by atoms with Gasteiger partial charge in [0, 0.05) is 6.42 Å². The number of benzene rings is 2. The van der Waals surface area contributed by atoms with Gasteiger partial charge in [0.1, 0.15) is 29.8 Å². The zero-order valence-electron chi connectivity index (χ0n) is 17.9. The molecule has 7 heteroatoms. The molecule has 2 aromatic carbocycles. The van der Waals surface area contributed by atoms with Crippen LogP contribution in [0.15, 0.2) is 36.4 Å². The maximum Gasteiger partial charge on any atom is 0.408 e. The molecule has 2 aromatic rings. The van der Waals surface area contributed by atoms with E-state index < -0.39 is 23.7 Å². The Labute approximate surface area is 176 Å². The number of hydrogen-bond donors (Lipinski definition) is 2. The molecular formula is C23H28FNO5. The lowest BCUT2D eigenvalue weighted by atomic mass is 9.96. The second-order valence-corrected chi connectivity index (χ2v) is 8.19. The number of amides is 1. The molecule has 0 aliphatic carbocycles. The third-order valence-corrected chi connectivity index (χ3v) is 4.39. The Balaban J connectivity index is 2.09. The van der Waals surface area contributed by atoms with Gasteiger partial charge in [0.15, 0.2) is 0 Å². The summed E-state index contributed by atoms with van der Waals surface area (Å²) in [6.07, 6.45) is -0.658. The molecule has 0 spiro atoms. The Morgan fingerprint density at radius 1 is 1.10 bits per heavy atom. The van der Waals surface area contributed by atoms with Crippen LogP contribution >= 0.6 is 0 Å². The molecule has 1 amide bonds. The number of carbonyl (C=O) groups is 2. The number of carboxylic acid groups (broad SMARTS) is 1. The topological polar surface area (TPSA) is 84.9 Å². The first-order chi connectivity index (χ1) is 13.9. The molecule has 0 aromatic heterocycles. The van der Waals surface area contributed by atoms with Gasteiger partial charge in [-0.15, -0.1) is 0 Å². The Kier molecular flexibility index (Phi) is 7.43. The van der Waals surface area contributed by atoms with Crippen LogP contribution in [-0.4, -0.2) is 28.8 Å². The number of aliphatic carboxylic acids is 1. The quantitative estimate of drug-likeness (QED) is 0.691. The zero-order chi connectivity index (χ0) is 22.5. The Bertz CT molecular complexity index is 880. The average Bonchev–Trinajstić information content (AvgIpc) is 2.61. The molecule has 2 rings (SSSR count). The number of hydrogen-bond acceptors (Lipinski definition) is 4. The third kappa shape index (κ3) is 7.06. The van der Waals surface area contributed by atoms with Crippen molar-refractivity contribution < 1.29 is 28.6 Å². The molecule has 0 radical (unpaired) electrons. The van der Waals surface area contributed by atoms with Gasteiger partial charge in [0.2, 0.25) is 0 Å². The second-order valence-electron chi connectivity index (χ2n) is 8.19. The van der Waals surface area contributed by atoms with Crippen LogP contribution < -0.4 is 10.1 Å². The van der Waals surface area contributed by atoms with Crippen LogP contribution in [0.1, 0.15) is 43.0 Å². The van der Waals surface area contributed by atoms with E-state index in [4.69, 9.17) is 9.47 Å². The molecule has 30 heavy (non-hydrogen) atoms. The Hall–Kier alpha value is -3.09. The van der Waals surface area contributed by atoms with Crippen LogP contribution in [0, 0.1) is 19.7 Å². The molecule has 0 heterocycles. The molecular weight excluding hydrogens is 389 g/mol.